The van der Waals surface area contributed by atoms with Crippen LogP contribution in [0.5, 0.6) is 0 Å². The summed E-state index contributed by atoms with van der Waals surface area (Å²) in [5.74, 6) is -0.183. The number of carbonyl (C=O) groups is 2. The van der Waals surface area contributed by atoms with E-state index >= 15 is 0 Å². The lowest BCUT2D eigenvalue weighted by Crippen LogP contribution is -2.47. The molecule has 2 heterocycles. The van der Waals surface area contributed by atoms with Crippen LogP contribution in [0.4, 0.5) is 5.69 Å². The van der Waals surface area contributed by atoms with Crippen molar-refractivity contribution in [3.8, 4) is 0 Å². The van der Waals surface area contributed by atoms with Gasteiger partial charge in [-0.15, -0.1) is 0 Å². The molecule has 2 fully saturated rings. The zero-order chi connectivity index (χ0) is 16.9. The Kier molecular flexibility index (Phi) is 5.51. The summed E-state index contributed by atoms with van der Waals surface area (Å²) in [4.78, 5) is 26.5. The quantitative estimate of drug-likeness (QED) is 0.867. The molecule has 130 valence electrons. The molecule has 0 aromatic heterocycles. The highest BCUT2D eigenvalue weighted by atomic mass is 16.2. The molecule has 0 bridgehead atoms. The minimum absolute atomic E-state index is 0.0159. The van der Waals surface area contributed by atoms with Crippen molar-refractivity contribution in [1.82, 2.24) is 10.6 Å². The Morgan fingerprint density at radius 2 is 2.12 bits per heavy atom. The summed E-state index contributed by atoms with van der Waals surface area (Å²) in [5.41, 5.74) is 2.18. The highest BCUT2D eigenvalue weighted by Crippen LogP contribution is 2.26. The van der Waals surface area contributed by atoms with Crippen molar-refractivity contribution in [2.24, 2.45) is 5.92 Å². The van der Waals surface area contributed by atoms with Crippen molar-refractivity contribution < 1.29 is 9.59 Å². The highest BCUT2D eigenvalue weighted by Gasteiger charge is 2.35. The monoisotopic (exact) mass is 329 g/mol. The van der Waals surface area contributed by atoms with E-state index in [0.29, 0.717) is 13.0 Å². The van der Waals surface area contributed by atoms with Crippen LogP contribution in [0.3, 0.4) is 0 Å². The number of benzene rings is 1. The normalized spacial score (nSPS) is 24.2. The first-order valence-electron chi connectivity index (χ1n) is 9.07. The topological polar surface area (TPSA) is 61.4 Å². The number of nitrogens with zero attached hydrogens (tertiary/aromatic N) is 1. The second-order valence-corrected chi connectivity index (χ2v) is 6.87. The van der Waals surface area contributed by atoms with Crippen molar-refractivity contribution in [3.05, 3.63) is 29.8 Å². The van der Waals surface area contributed by atoms with Crippen LogP contribution < -0.4 is 15.5 Å². The maximum Gasteiger partial charge on any atom is 0.227 e. The first kappa shape index (κ1) is 17.0. The molecule has 0 radical (unpaired) electrons. The van der Waals surface area contributed by atoms with E-state index in [9.17, 15) is 9.59 Å². The van der Waals surface area contributed by atoms with Gasteiger partial charge in [0, 0.05) is 31.2 Å². The molecule has 0 aliphatic carbocycles. The third kappa shape index (κ3) is 3.96. The maximum atomic E-state index is 12.5. The molecule has 2 saturated heterocycles. The molecule has 5 heteroatoms. The molecule has 2 N–H and O–H groups in total. The molecule has 3 rings (SSSR count). The van der Waals surface area contributed by atoms with Gasteiger partial charge in [-0.1, -0.05) is 25.5 Å². The van der Waals surface area contributed by atoms with Gasteiger partial charge < -0.3 is 15.5 Å². The van der Waals surface area contributed by atoms with Crippen LogP contribution in [-0.4, -0.2) is 37.5 Å². The Bertz CT molecular complexity index is 579. The fourth-order valence-electron chi connectivity index (χ4n) is 3.56. The average Bonchev–Trinajstić information content (AvgIpc) is 2.99. The second kappa shape index (κ2) is 7.79. The van der Waals surface area contributed by atoms with Gasteiger partial charge in [-0.3, -0.25) is 9.59 Å². The number of rotatable bonds is 5. The molecule has 24 heavy (non-hydrogen) atoms. The van der Waals surface area contributed by atoms with E-state index in [0.717, 1.165) is 44.5 Å². The molecule has 2 amide bonds. The number of hydrogen-bond acceptors (Lipinski definition) is 3. The molecule has 0 saturated carbocycles. The van der Waals surface area contributed by atoms with Crippen molar-refractivity contribution in [2.75, 3.05) is 24.5 Å². The van der Waals surface area contributed by atoms with Gasteiger partial charge in [0.05, 0.1) is 5.92 Å². The predicted octanol–water partition coefficient (Wildman–Crippen LogP) is 1.86. The van der Waals surface area contributed by atoms with Gasteiger partial charge in [-0.2, -0.15) is 0 Å². The first-order valence-corrected chi connectivity index (χ1v) is 9.07. The lowest BCUT2D eigenvalue weighted by molar-refractivity contribution is -0.127. The summed E-state index contributed by atoms with van der Waals surface area (Å²) in [6, 6.07) is 8.34. The second-order valence-electron chi connectivity index (χ2n) is 6.87. The summed E-state index contributed by atoms with van der Waals surface area (Å²) < 4.78 is 0. The van der Waals surface area contributed by atoms with Gasteiger partial charge in [-0.05, 0) is 43.5 Å². The van der Waals surface area contributed by atoms with Gasteiger partial charge >= 0.3 is 0 Å². The summed E-state index contributed by atoms with van der Waals surface area (Å²) in [6.07, 6.45) is 4.57. The lowest BCUT2D eigenvalue weighted by Gasteiger charge is -2.25. The van der Waals surface area contributed by atoms with Crippen LogP contribution in [0.1, 0.15) is 38.2 Å². The number of piperidine rings is 1. The van der Waals surface area contributed by atoms with Gasteiger partial charge in [0.15, 0.2) is 0 Å². The Labute approximate surface area is 143 Å². The SMILES string of the molecule is CCCc1ccc(N2CC(C(=O)NC3CCCNC3)CC2=O)cc1. The molecular formula is C19H27N3O2. The Balaban J connectivity index is 1.59. The number of nitrogens with one attached hydrogen (secondary N) is 2. The number of carbonyl (C=O) groups excluding carboxylic acids is 2. The zero-order valence-corrected chi connectivity index (χ0v) is 14.4. The van der Waals surface area contributed by atoms with Crippen LogP contribution in [0.15, 0.2) is 24.3 Å². The van der Waals surface area contributed by atoms with Gasteiger partial charge in [-0.25, -0.2) is 0 Å². The number of hydrogen-bond donors (Lipinski definition) is 2. The van der Waals surface area contributed by atoms with Gasteiger partial charge in [0.25, 0.3) is 0 Å². The third-order valence-electron chi connectivity index (χ3n) is 4.93. The summed E-state index contributed by atoms with van der Waals surface area (Å²) in [6.45, 7) is 4.49. The number of amides is 2. The molecule has 2 unspecified atom stereocenters. The standard InChI is InChI=1S/C19H27N3O2/c1-2-4-14-6-8-17(9-7-14)22-13-15(11-18(22)23)19(24)21-16-5-3-10-20-12-16/h6-9,15-16,20H,2-5,10-13H2,1H3,(H,21,24). The molecule has 5 nitrogen and oxygen atoms in total. The van der Waals surface area contributed by atoms with E-state index in [4.69, 9.17) is 0 Å². The fraction of sp³-hybridized carbons (Fsp3) is 0.579. The van der Waals surface area contributed by atoms with E-state index in [1.165, 1.54) is 5.56 Å². The summed E-state index contributed by atoms with van der Waals surface area (Å²) >= 11 is 0. The lowest BCUT2D eigenvalue weighted by atomic mass is 10.0. The minimum Gasteiger partial charge on any atom is -0.352 e. The van der Waals surface area contributed by atoms with Crippen molar-refractivity contribution in [2.45, 2.75) is 45.1 Å². The molecule has 0 spiro atoms. The largest absolute Gasteiger partial charge is 0.352 e. The van der Waals surface area contributed by atoms with E-state index in [2.05, 4.69) is 29.7 Å². The summed E-state index contributed by atoms with van der Waals surface area (Å²) in [5, 5.41) is 6.40. The van der Waals surface area contributed by atoms with E-state index < -0.39 is 0 Å². The average molecular weight is 329 g/mol. The molecule has 2 atom stereocenters. The van der Waals surface area contributed by atoms with Crippen molar-refractivity contribution in [1.29, 1.82) is 0 Å². The molecule has 1 aromatic carbocycles. The maximum absolute atomic E-state index is 12.5. The molecular weight excluding hydrogens is 302 g/mol. The Morgan fingerprint density at radius 3 is 2.79 bits per heavy atom. The Morgan fingerprint density at radius 1 is 1.33 bits per heavy atom. The summed E-state index contributed by atoms with van der Waals surface area (Å²) in [7, 11) is 0. The fourth-order valence-corrected chi connectivity index (χ4v) is 3.56. The number of anilines is 1. The van der Waals surface area contributed by atoms with Crippen LogP contribution >= 0.6 is 0 Å². The first-order chi connectivity index (χ1) is 11.7. The molecule has 2 aliphatic heterocycles. The van der Waals surface area contributed by atoms with Crippen LogP contribution in [0.25, 0.3) is 0 Å². The van der Waals surface area contributed by atoms with Crippen molar-refractivity contribution in [3.63, 3.8) is 0 Å². The van der Waals surface area contributed by atoms with E-state index in [1.807, 2.05) is 12.1 Å². The van der Waals surface area contributed by atoms with Crippen LogP contribution in [0.2, 0.25) is 0 Å². The smallest absolute Gasteiger partial charge is 0.227 e. The van der Waals surface area contributed by atoms with Gasteiger partial charge in [0.1, 0.15) is 0 Å². The molecule has 1 aromatic rings. The van der Waals surface area contributed by atoms with Crippen LogP contribution in [0, 0.1) is 5.92 Å². The predicted molar refractivity (Wildman–Crippen MR) is 94.9 cm³/mol. The molecule has 2 aliphatic rings. The van der Waals surface area contributed by atoms with E-state index in [-0.39, 0.29) is 23.8 Å². The highest BCUT2D eigenvalue weighted by molar-refractivity contribution is 6.00. The van der Waals surface area contributed by atoms with E-state index in [1.54, 1.807) is 4.90 Å². The zero-order valence-electron chi connectivity index (χ0n) is 14.4. The third-order valence-corrected chi connectivity index (χ3v) is 4.93. The minimum atomic E-state index is -0.241. The number of aryl methyl sites for hydroxylation is 1. The van der Waals surface area contributed by atoms with Crippen molar-refractivity contribution >= 4 is 17.5 Å². The van der Waals surface area contributed by atoms with Crippen LogP contribution in [-0.2, 0) is 16.0 Å². The Hall–Kier alpha value is -1.88. The van der Waals surface area contributed by atoms with Gasteiger partial charge in [0.2, 0.25) is 11.8 Å².